The molecule has 8 nitrogen and oxygen atoms in total. The maximum Gasteiger partial charge on any atom is 0.410 e. The zero-order valence-corrected chi connectivity index (χ0v) is 14.0. The van der Waals surface area contributed by atoms with Crippen molar-refractivity contribution < 1.29 is 14.3 Å². The van der Waals surface area contributed by atoms with Crippen molar-refractivity contribution in [2.75, 3.05) is 19.0 Å². The monoisotopic (exact) mass is 311 g/mol. The first-order chi connectivity index (χ1) is 10.1. The number of nitrogens with one attached hydrogen (secondary N) is 2. The second-order valence-electron chi connectivity index (χ2n) is 6.22. The van der Waals surface area contributed by atoms with Crippen molar-refractivity contribution in [3.63, 3.8) is 0 Å². The molecule has 1 unspecified atom stereocenters. The van der Waals surface area contributed by atoms with Crippen LogP contribution in [0.15, 0.2) is 12.3 Å². The molecule has 1 heterocycles. The van der Waals surface area contributed by atoms with Crippen molar-refractivity contribution in [3.8, 4) is 0 Å². The van der Waals surface area contributed by atoms with Gasteiger partial charge >= 0.3 is 6.09 Å². The lowest BCUT2D eigenvalue weighted by atomic mass is 10.1. The van der Waals surface area contributed by atoms with Crippen molar-refractivity contribution in [3.05, 3.63) is 12.3 Å². The topological polar surface area (TPSA) is 88.5 Å². The molecule has 1 rings (SSSR count). The van der Waals surface area contributed by atoms with Gasteiger partial charge in [-0.15, -0.1) is 0 Å². The van der Waals surface area contributed by atoms with Gasteiger partial charge < -0.3 is 9.64 Å². The molecule has 0 fully saturated rings. The number of hydrogen-bond acceptors (Lipinski definition) is 5. The molecule has 22 heavy (non-hydrogen) atoms. The Morgan fingerprint density at radius 3 is 2.59 bits per heavy atom. The minimum Gasteiger partial charge on any atom is -0.444 e. The van der Waals surface area contributed by atoms with Gasteiger partial charge in [-0.05, 0) is 20.8 Å². The predicted molar refractivity (Wildman–Crippen MR) is 83.0 cm³/mol. The Labute approximate surface area is 130 Å². The summed E-state index contributed by atoms with van der Waals surface area (Å²) >= 11 is 0. The summed E-state index contributed by atoms with van der Waals surface area (Å²) < 4.78 is 6.84. The summed E-state index contributed by atoms with van der Waals surface area (Å²) in [5.41, 5.74) is 4.81. The second kappa shape index (κ2) is 7.15. The zero-order valence-electron chi connectivity index (χ0n) is 14.0. The third-order valence-electron chi connectivity index (χ3n) is 2.84. The molecule has 1 atom stereocenters. The number of hydrogen-bond donors (Lipinski definition) is 2. The van der Waals surface area contributed by atoms with E-state index in [2.05, 4.69) is 16.0 Å². The van der Waals surface area contributed by atoms with Crippen LogP contribution < -0.4 is 10.9 Å². The van der Waals surface area contributed by atoms with Crippen LogP contribution in [0.2, 0.25) is 0 Å². The second-order valence-corrected chi connectivity index (χ2v) is 6.22. The Kier molecular flexibility index (Phi) is 5.78. The maximum absolute atomic E-state index is 12.0. The number of nitrogens with zero attached hydrogens (tertiary/aromatic N) is 3. The van der Waals surface area contributed by atoms with Gasteiger partial charge in [0.2, 0.25) is 5.91 Å². The lowest BCUT2D eigenvalue weighted by molar-refractivity contribution is -0.124. The highest BCUT2D eigenvalue weighted by Crippen LogP contribution is 2.10. The van der Waals surface area contributed by atoms with Crippen molar-refractivity contribution in [2.24, 2.45) is 13.0 Å². The molecule has 8 heteroatoms. The molecule has 0 radical (unpaired) electrons. The molecule has 0 saturated carbocycles. The lowest BCUT2D eigenvalue weighted by Crippen LogP contribution is -2.42. The van der Waals surface area contributed by atoms with Gasteiger partial charge in [-0.1, -0.05) is 6.92 Å². The summed E-state index contributed by atoms with van der Waals surface area (Å²) in [6.45, 7) is 7.39. The van der Waals surface area contributed by atoms with Crippen molar-refractivity contribution in [1.29, 1.82) is 0 Å². The Balaban J connectivity index is 2.43. The number of aryl methyl sites for hydroxylation is 1. The van der Waals surface area contributed by atoms with Crippen LogP contribution in [0.4, 0.5) is 10.6 Å². The van der Waals surface area contributed by atoms with Crippen LogP contribution in [0.1, 0.15) is 27.7 Å². The SMILES string of the molecule is CC(CN(C)C(=O)OC(C)(C)C)C(=O)NNc1ccnn1C. The van der Waals surface area contributed by atoms with Gasteiger partial charge in [0.25, 0.3) is 0 Å². The average molecular weight is 311 g/mol. The summed E-state index contributed by atoms with van der Waals surface area (Å²) in [6, 6.07) is 1.73. The van der Waals surface area contributed by atoms with Gasteiger partial charge in [0.15, 0.2) is 0 Å². The normalized spacial score (nSPS) is 12.5. The number of carbonyl (C=O) groups is 2. The highest BCUT2D eigenvalue weighted by atomic mass is 16.6. The fourth-order valence-electron chi connectivity index (χ4n) is 1.65. The number of hydrazine groups is 1. The van der Waals surface area contributed by atoms with E-state index in [9.17, 15) is 9.59 Å². The molecule has 0 aliphatic heterocycles. The fraction of sp³-hybridized carbons (Fsp3) is 0.643. The van der Waals surface area contributed by atoms with Crippen molar-refractivity contribution in [2.45, 2.75) is 33.3 Å². The van der Waals surface area contributed by atoms with Gasteiger partial charge in [-0.3, -0.25) is 20.3 Å². The first kappa shape index (κ1) is 17.8. The van der Waals surface area contributed by atoms with Crippen LogP contribution in [-0.4, -0.2) is 45.9 Å². The average Bonchev–Trinajstić information content (AvgIpc) is 2.79. The third-order valence-corrected chi connectivity index (χ3v) is 2.84. The molecule has 124 valence electrons. The molecule has 0 aliphatic rings. The first-order valence-corrected chi connectivity index (χ1v) is 7.08. The summed E-state index contributed by atoms with van der Waals surface area (Å²) in [5, 5.41) is 3.98. The number of aromatic nitrogens is 2. The van der Waals surface area contributed by atoms with Crippen LogP contribution in [0, 0.1) is 5.92 Å². The minimum atomic E-state index is -0.558. The predicted octanol–water partition coefficient (Wildman–Crippen LogP) is 1.37. The molecular formula is C14H25N5O3. The molecular weight excluding hydrogens is 286 g/mol. The molecule has 0 spiro atoms. The van der Waals surface area contributed by atoms with Crippen LogP contribution >= 0.6 is 0 Å². The number of carbonyl (C=O) groups excluding carboxylic acids is 2. The van der Waals surface area contributed by atoms with Gasteiger partial charge in [0.05, 0.1) is 12.1 Å². The molecule has 0 bridgehead atoms. The maximum atomic E-state index is 12.0. The van der Waals surface area contributed by atoms with E-state index in [-0.39, 0.29) is 12.5 Å². The van der Waals surface area contributed by atoms with E-state index in [0.29, 0.717) is 5.82 Å². The number of anilines is 1. The minimum absolute atomic E-state index is 0.225. The van der Waals surface area contributed by atoms with Crippen molar-refractivity contribution >= 4 is 17.8 Å². The zero-order chi connectivity index (χ0) is 16.9. The number of ether oxygens (including phenoxy) is 1. The molecule has 0 saturated heterocycles. The molecule has 2 amide bonds. The fourth-order valence-corrected chi connectivity index (χ4v) is 1.65. The largest absolute Gasteiger partial charge is 0.444 e. The Bertz CT molecular complexity index is 521. The van der Waals surface area contributed by atoms with E-state index in [1.165, 1.54) is 4.90 Å². The van der Waals surface area contributed by atoms with E-state index >= 15 is 0 Å². The van der Waals surface area contributed by atoms with Crippen molar-refractivity contribution in [1.82, 2.24) is 20.1 Å². The van der Waals surface area contributed by atoms with E-state index in [0.717, 1.165) is 0 Å². The van der Waals surface area contributed by atoms with E-state index in [4.69, 9.17) is 4.74 Å². The van der Waals surface area contributed by atoms with E-state index < -0.39 is 17.6 Å². The quantitative estimate of drug-likeness (QED) is 0.802. The van der Waals surface area contributed by atoms with Gasteiger partial charge in [0.1, 0.15) is 11.4 Å². The number of rotatable bonds is 5. The van der Waals surface area contributed by atoms with Crippen LogP contribution in [0.25, 0.3) is 0 Å². The molecule has 0 aromatic carbocycles. The first-order valence-electron chi connectivity index (χ1n) is 7.08. The Morgan fingerprint density at radius 2 is 2.09 bits per heavy atom. The number of amides is 2. The van der Waals surface area contributed by atoms with Crippen LogP contribution in [0.5, 0.6) is 0 Å². The summed E-state index contributed by atoms with van der Waals surface area (Å²) in [5.74, 6) is 0.0518. The Morgan fingerprint density at radius 1 is 1.45 bits per heavy atom. The molecule has 1 aromatic rings. The van der Waals surface area contributed by atoms with Gasteiger partial charge in [-0.2, -0.15) is 5.10 Å². The lowest BCUT2D eigenvalue weighted by Gasteiger charge is -2.26. The summed E-state index contributed by atoms with van der Waals surface area (Å²) in [6.07, 6.45) is 1.17. The highest BCUT2D eigenvalue weighted by Gasteiger charge is 2.23. The third kappa shape index (κ3) is 5.63. The van der Waals surface area contributed by atoms with Gasteiger partial charge in [-0.25, -0.2) is 4.79 Å². The summed E-state index contributed by atoms with van der Waals surface area (Å²) in [4.78, 5) is 25.3. The van der Waals surface area contributed by atoms with Gasteiger partial charge in [0, 0.05) is 26.7 Å². The van der Waals surface area contributed by atoms with E-state index in [1.807, 2.05) is 0 Å². The smallest absolute Gasteiger partial charge is 0.410 e. The summed E-state index contributed by atoms with van der Waals surface area (Å²) in [7, 11) is 3.36. The standard InChI is InChI=1S/C14H25N5O3/c1-10(9-18(5)13(21)22-14(2,3)4)12(20)17-16-11-7-8-15-19(11)6/h7-8,10,16H,9H2,1-6H3,(H,17,20). The Hall–Kier alpha value is -2.25. The van der Waals surface area contributed by atoms with Crippen LogP contribution in [-0.2, 0) is 16.6 Å². The highest BCUT2D eigenvalue weighted by molar-refractivity contribution is 5.80. The van der Waals surface area contributed by atoms with Crippen LogP contribution in [0.3, 0.4) is 0 Å². The molecule has 2 N–H and O–H groups in total. The van der Waals surface area contributed by atoms with E-state index in [1.54, 1.807) is 58.7 Å². The molecule has 0 aliphatic carbocycles. The molecule has 1 aromatic heterocycles.